The number of rotatable bonds is 11. The standard InChI is InChI=1S/C22H37N3O8S.Na/c1-12(2)7-17(25-22(29)33-11-16-9-13-3-4-14(16)8-13)20(27)24-18(21(28)34(30,31)32)10-15-5-6-23-19(15)26;/h12-18,21,28H,3-11H2,1-2H3,(H,23,26)(H,24,27)(H,25,29)(H,30,31,32);/q;+1/p-1/t13?,14?,15-,16?,17-,18-,21?;/m0./s1. The van der Waals surface area contributed by atoms with E-state index in [2.05, 4.69) is 16.0 Å². The van der Waals surface area contributed by atoms with Crippen LogP contribution in [0.2, 0.25) is 0 Å². The molecule has 3 fully saturated rings. The molecule has 194 valence electrons. The number of nitrogens with one attached hydrogen (secondary N) is 3. The van der Waals surface area contributed by atoms with Gasteiger partial charge >= 0.3 is 35.7 Å². The number of amides is 3. The van der Waals surface area contributed by atoms with Gasteiger partial charge in [0.25, 0.3) is 0 Å². The molecular weight excluding hydrogens is 489 g/mol. The Bertz CT molecular complexity index is 871. The van der Waals surface area contributed by atoms with E-state index >= 15 is 0 Å². The van der Waals surface area contributed by atoms with Crippen LogP contribution in [0.25, 0.3) is 0 Å². The van der Waals surface area contributed by atoms with E-state index in [9.17, 15) is 32.5 Å². The summed E-state index contributed by atoms with van der Waals surface area (Å²) >= 11 is 0. The molecule has 13 heteroatoms. The zero-order valence-corrected chi connectivity index (χ0v) is 23.5. The molecule has 2 aliphatic carbocycles. The Morgan fingerprint density at radius 3 is 2.43 bits per heavy atom. The Morgan fingerprint density at radius 2 is 1.91 bits per heavy atom. The molecule has 4 N–H and O–H groups in total. The van der Waals surface area contributed by atoms with Gasteiger partial charge < -0.3 is 30.3 Å². The topological polar surface area (TPSA) is 174 Å². The van der Waals surface area contributed by atoms with E-state index in [-0.39, 0.29) is 60.8 Å². The molecule has 0 aromatic heterocycles. The van der Waals surface area contributed by atoms with Crippen molar-refractivity contribution in [3.63, 3.8) is 0 Å². The molecule has 0 aromatic rings. The zero-order chi connectivity index (χ0) is 25.0. The van der Waals surface area contributed by atoms with Crippen molar-refractivity contribution in [1.82, 2.24) is 16.0 Å². The summed E-state index contributed by atoms with van der Waals surface area (Å²) in [4.78, 5) is 37.3. The van der Waals surface area contributed by atoms with Gasteiger partial charge in [-0.25, -0.2) is 13.2 Å². The van der Waals surface area contributed by atoms with Gasteiger partial charge in [-0.05, 0) is 62.2 Å². The first-order chi connectivity index (χ1) is 15.9. The van der Waals surface area contributed by atoms with Crippen LogP contribution in [-0.2, 0) is 24.4 Å². The molecule has 3 aliphatic rings. The fourth-order valence-electron chi connectivity index (χ4n) is 5.56. The summed E-state index contributed by atoms with van der Waals surface area (Å²) in [6, 6.07) is -2.56. The molecule has 4 unspecified atom stereocenters. The summed E-state index contributed by atoms with van der Waals surface area (Å²) in [5, 5.41) is 17.6. The quantitative estimate of drug-likeness (QED) is 0.168. The Kier molecular flexibility index (Phi) is 11.3. The first-order valence-corrected chi connectivity index (χ1v) is 13.5. The Labute approximate surface area is 228 Å². The largest absolute Gasteiger partial charge is 1.00 e. The fourth-order valence-corrected chi connectivity index (χ4v) is 6.14. The molecule has 11 nitrogen and oxygen atoms in total. The normalized spacial score (nSPS) is 28.1. The van der Waals surface area contributed by atoms with Crippen molar-refractivity contribution < 1.29 is 66.8 Å². The van der Waals surface area contributed by atoms with E-state index in [1.807, 2.05) is 13.8 Å². The summed E-state index contributed by atoms with van der Waals surface area (Å²) < 4.78 is 39.8. The van der Waals surface area contributed by atoms with Gasteiger partial charge in [0.15, 0.2) is 5.44 Å². The molecule has 3 amide bonds. The monoisotopic (exact) mass is 525 g/mol. The third-order valence-corrected chi connectivity index (χ3v) is 8.22. The van der Waals surface area contributed by atoms with Crippen LogP contribution in [0.1, 0.15) is 58.8 Å². The summed E-state index contributed by atoms with van der Waals surface area (Å²) in [5.74, 6) is -0.118. The van der Waals surface area contributed by atoms with Crippen molar-refractivity contribution in [3.05, 3.63) is 0 Å². The first-order valence-electron chi connectivity index (χ1n) is 12.1. The molecular formula is C22H36N3NaO8S. The molecule has 0 radical (unpaired) electrons. The van der Waals surface area contributed by atoms with E-state index in [0.717, 1.165) is 12.8 Å². The summed E-state index contributed by atoms with van der Waals surface area (Å²) in [6.45, 7) is 4.37. The Balaban J connectivity index is 0.00000432. The van der Waals surface area contributed by atoms with Gasteiger partial charge in [-0.1, -0.05) is 20.3 Å². The maximum atomic E-state index is 13.0. The van der Waals surface area contributed by atoms with Crippen molar-refractivity contribution >= 4 is 28.0 Å². The predicted octanol–water partition coefficient (Wildman–Crippen LogP) is -2.56. The van der Waals surface area contributed by atoms with Gasteiger partial charge in [0.1, 0.15) is 16.2 Å². The van der Waals surface area contributed by atoms with Crippen molar-refractivity contribution in [2.75, 3.05) is 13.2 Å². The van der Waals surface area contributed by atoms with Crippen LogP contribution >= 0.6 is 0 Å². The molecule has 1 heterocycles. The van der Waals surface area contributed by atoms with E-state index in [1.165, 1.54) is 12.8 Å². The van der Waals surface area contributed by atoms with Gasteiger partial charge in [0.05, 0.1) is 12.6 Å². The van der Waals surface area contributed by atoms with Crippen LogP contribution in [0.3, 0.4) is 0 Å². The molecule has 35 heavy (non-hydrogen) atoms. The van der Waals surface area contributed by atoms with Crippen molar-refractivity contribution in [2.45, 2.75) is 76.3 Å². The number of alkyl carbamates (subject to hydrolysis) is 1. The summed E-state index contributed by atoms with van der Waals surface area (Å²) in [6.07, 6.45) is 4.27. The van der Waals surface area contributed by atoms with E-state index in [0.29, 0.717) is 30.7 Å². The van der Waals surface area contributed by atoms with Gasteiger partial charge in [-0.3, -0.25) is 9.59 Å². The first kappa shape index (κ1) is 30.3. The zero-order valence-electron chi connectivity index (χ0n) is 20.7. The predicted molar refractivity (Wildman–Crippen MR) is 120 cm³/mol. The number of ether oxygens (including phenoxy) is 1. The molecule has 2 bridgehead atoms. The number of carbonyl (C=O) groups excluding carboxylic acids is 3. The van der Waals surface area contributed by atoms with E-state index < -0.39 is 45.6 Å². The van der Waals surface area contributed by atoms with Gasteiger partial charge in [0.2, 0.25) is 11.8 Å². The van der Waals surface area contributed by atoms with Crippen LogP contribution in [-0.4, -0.2) is 66.7 Å². The number of aliphatic hydroxyl groups excluding tert-OH is 1. The third kappa shape index (κ3) is 8.57. The second-order valence-corrected chi connectivity index (χ2v) is 11.8. The average Bonchev–Trinajstić information content (AvgIpc) is 3.47. The second-order valence-electron chi connectivity index (χ2n) is 10.4. The Hall–Kier alpha value is -0.920. The molecule has 2 saturated carbocycles. The average molecular weight is 526 g/mol. The van der Waals surface area contributed by atoms with Crippen LogP contribution in [0, 0.1) is 29.6 Å². The van der Waals surface area contributed by atoms with Gasteiger partial charge in [-0.15, -0.1) is 0 Å². The third-order valence-electron chi connectivity index (χ3n) is 7.30. The smallest absolute Gasteiger partial charge is 0.746 e. The van der Waals surface area contributed by atoms with Gasteiger partial charge in [0, 0.05) is 12.5 Å². The minimum atomic E-state index is -5.15. The number of fused-ring (bicyclic) bond motifs is 2. The molecule has 1 saturated heterocycles. The van der Waals surface area contributed by atoms with Crippen molar-refractivity contribution in [2.24, 2.45) is 29.6 Å². The van der Waals surface area contributed by atoms with Crippen molar-refractivity contribution in [1.29, 1.82) is 0 Å². The molecule has 7 atom stereocenters. The molecule has 1 aliphatic heterocycles. The maximum Gasteiger partial charge on any atom is 1.00 e. The van der Waals surface area contributed by atoms with Gasteiger partial charge in [-0.2, -0.15) is 0 Å². The summed E-state index contributed by atoms with van der Waals surface area (Å²) in [5.41, 5.74) is -2.42. The fraction of sp³-hybridized carbons (Fsp3) is 0.864. The maximum absolute atomic E-state index is 13.0. The van der Waals surface area contributed by atoms with Crippen LogP contribution in [0.5, 0.6) is 0 Å². The number of hydrogen-bond donors (Lipinski definition) is 4. The number of aliphatic hydroxyl groups is 1. The molecule has 0 spiro atoms. The van der Waals surface area contributed by atoms with E-state index in [4.69, 9.17) is 4.74 Å². The number of carbonyl (C=O) groups is 3. The summed E-state index contributed by atoms with van der Waals surface area (Å²) in [7, 11) is -5.15. The van der Waals surface area contributed by atoms with Crippen LogP contribution in [0.4, 0.5) is 4.79 Å². The minimum absolute atomic E-state index is 0. The minimum Gasteiger partial charge on any atom is -0.746 e. The number of hydrogen-bond acceptors (Lipinski definition) is 8. The second kappa shape index (κ2) is 13.0. The van der Waals surface area contributed by atoms with E-state index in [1.54, 1.807) is 0 Å². The molecule has 3 rings (SSSR count). The van der Waals surface area contributed by atoms with Crippen LogP contribution in [0.15, 0.2) is 0 Å². The molecule has 0 aromatic carbocycles. The SMILES string of the molecule is CC(C)C[C@H](NC(=O)OCC1CC2CCC1C2)C(=O)N[C@@H](C[C@@H]1CCNC1=O)C(O)S(=O)(=O)[O-].[Na+]. The van der Waals surface area contributed by atoms with Crippen molar-refractivity contribution in [3.8, 4) is 0 Å². The Morgan fingerprint density at radius 1 is 1.20 bits per heavy atom. The van der Waals surface area contributed by atoms with Crippen LogP contribution < -0.4 is 45.5 Å².